The van der Waals surface area contributed by atoms with E-state index >= 15 is 0 Å². The molecule has 1 aromatic heterocycles. The van der Waals surface area contributed by atoms with E-state index in [0.29, 0.717) is 23.2 Å². The number of fused-ring (bicyclic) bond motifs is 1. The normalized spacial score (nSPS) is 10.8. The van der Waals surface area contributed by atoms with Gasteiger partial charge in [0.25, 0.3) is 0 Å². The Morgan fingerprint density at radius 3 is 2.59 bits per heavy atom. The van der Waals surface area contributed by atoms with Gasteiger partial charge in [-0.2, -0.15) is 0 Å². The highest BCUT2D eigenvalue weighted by atomic mass is 19.1. The van der Waals surface area contributed by atoms with Gasteiger partial charge in [-0.25, -0.2) is 13.6 Å². The number of ether oxygens (including phenoxy) is 1. The van der Waals surface area contributed by atoms with Crippen molar-refractivity contribution in [3.8, 4) is 0 Å². The summed E-state index contributed by atoms with van der Waals surface area (Å²) in [5, 5.41) is 0.809. The van der Waals surface area contributed by atoms with Crippen molar-refractivity contribution in [2.45, 2.75) is 20.3 Å². The number of benzene rings is 2. The Morgan fingerprint density at radius 2 is 1.85 bits per heavy atom. The number of aryl methyl sites for hydroxylation is 2. The lowest BCUT2D eigenvalue weighted by atomic mass is 10.0. The zero-order valence-electron chi connectivity index (χ0n) is 14.9. The van der Waals surface area contributed by atoms with Gasteiger partial charge in [-0.1, -0.05) is 25.1 Å². The van der Waals surface area contributed by atoms with Crippen LogP contribution >= 0.6 is 0 Å². The van der Waals surface area contributed by atoms with Crippen LogP contribution in [0.25, 0.3) is 10.9 Å². The summed E-state index contributed by atoms with van der Waals surface area (Å²) in [4.78, 5) is 29.2. The molecular weight excluding hydrogens is 352 g/mol. The lowest BCUT2D eigenvalue weighted by Crippen LogP contribution is -2.18. The van der Waals surface area contributed by atoms with Crippen LogP contribution in [0.4, 0.5) is 8.78 Å². The number of hydrogen-bond acceptors (Lipinski definition) is 4. The third-order valence-corrected chi connectivity index (χ3v) is 4.33. The van der Waals surface area contributed by atoms with Crippen LogP contribution in [0, 0.1) is 18.6 Å². The Bertz CT molecular complexity index is 1050. The van der Waals surface area contributed by atoms with Gasteiger partial charge in [-0.15, -0.1) is 0 Å². The molecule has 0 bridgehead atoms. The van der Waals surface area contributed by atoms with Gasteiger partial charge in [0.15, 0.2) is 6.61 Å². The Labute approximate surface area is 154 Å². The van der Waals surface area contributed by atoms with E-state index in [4.69, 9.17) is 4.74 Å². The van der Waals surface area contributed by atoms with Gasteiger partial charge in [-0.05, 0) is 43.2 Å². The first-order chi connectivity index (χ1) is 12.9. The van der Waals surface area contributed by atoms with E-state index in [9.17, 15) is 18.4 Å². The van der Waals surface area contributed by atoms with Gasteiger partial charge in [-0.3, -0.25) is 9.78 Å². The quantitative estimate of drug-likeness (QED) is 0.493. The molecule has 0 aliphatic heterocycles. The van der Waals surface area contributed by atoms with Gasteiger partial charge in [0.05, 0.1) is 22.3 Å². The minimum Gasteiger partial charge on any atom is -0.454 e. The summed E-state index contributed by atoms with van der Waals surface area (Å²) in [6.45, 7) is 2.96. The highest BCUT2D eigenvalue weighted by Crippen LogP contribution is 2.24. The van der Waals surface area contributed by atoms with Crippen molar-refractivity contribution in [3.63, 3.8) is 0 Å². The molecule has 6 heteroatoms. The molecule has 0 saturated heterocycles. The van der Waals surface area contributed by atoms with Crippen molar-refractivity contribution in [1.82, 2.24) is 4.98 Å². The van der Waals surface area contributed by atoms with Crippen LogP contribution in [0.3, 0.4) is 0 Å². The molecule has 0 fully saturated rings. The van der Waals surface area contributed by atoms with Crippen molar-refractivity contribution < 1.29 is 23.1 Å². The number of halogens is 2. The van der Waals surface area contributed by atoms with Crippen molar-refractivity contribution in [3.05, 3.63) is 76.5 Å². The maximum atomic E-state index is 13.7. The standard InChI is InChI=1S/C21H17F2NO3/c1-3-17-20(12(2)14-6-4-5-7-18(14)24-17)21(26)27-11-19(25)15-10-13(22)8-9-16(15)23/h4-10H,3,11H2,1-2H3. The van der Waals surface area contributed by atoms with E-state index in [-0.39, 0.29) is 0 Å². The molecule has 0 amide bonds. The highest BCUT2D eigenvalue weighted by Gasteiger charge is 2.21. The number of aromatic nitrogens is 1. The molecule has 138 valence electrons. The molecule has 1 heterocycles. The van der Waals surface area contributed by atoms with E-state index in [2.05, 4.69) is 4.98 Å². The number of esters is 1. The summed E-state index contributed by atoms with van der Waals surface area (Å²) in [7, 11) is 0. The van der Waals surface area contributed by atoms with Crippen LogP contribution < -0.4 is 0 Å². The predicted octanol–water partition coefficient (Wildman–Crippen LogP) is 4.42. The number of carbonyl (C=O) groups excluding carboxylic acids is 2. The molecule has 0 atom stereocenters. The number of nitrogens with zero attached hydrogens (tertiary/aromatic N) is 1. The van der Waals surface area contributed by atoms with Crippen LogP contribution in [-0.2, 0) is 11.2 Å². The Balaban J connectivity index is 1.87. The third kappa shape index (κ3) is 3.69. The maximum Gasteiger partial charge on any atom is 0.340 e. The first kappa shape index (κ1) is 18.6. The molecule has 27 heavy (non-hydrogen) atoms. The van der Waals surface area contributed by atoms with Crippen molar-refractivity contribution in [2.24, 2.45) is 0 Å². The second-order valence-electron chi connectivity index (χ2n) is 6.05. The number of Topliss-reactive ketones (excluding diaryl/α,β-unsaturated/α-hetero) is 1. The SMILES string of the molecule is CCc1nc2ccccc2c(C)c1C(=O)OCC(=O)c1cc(F)ccc1F. The first-order valence-corrected chi connectivity index (χ1v) is 8.46. The van der Waals surface area contributed by atoms with E-state index in [1.165, 1.54) is 0 Å². The lowest BCUT2D eigenvalue weighted by Gasteiger charge is -2.13. The Kier molecular flexibility index (Phi) is 5.26. The molecule has 0 saturated carbocycles. The number of para-hydroxylation sites is 1. The van der Waals surface area contributed by atoms with Gasteiger partial charge < -0.3 is 4.74 Å². The largest absolute Gasteiger partial charge is 0.454 e. The smallest absolute Gasteiger partial charge is 0.340 e. The van der Waals surface area contributed by atoms with Gasteiger partial charge in [0, 0.05) is 5.39 Å². The molecular formula is C21H17F2NO3. The third-order valence-electron chi connectivity index (χ3n) is 4.33. The second-order valence-corrected chi connectivity index (χ2v) is 6.05. The van der Waals surface area contributed by atoms with Gasteiger partial charge in [0.1, 0.15) is 11.6 Å². The van der Waals surface area contributed by atoms with Crippen LogP contribution in [0.15, 0.2) is 42.5 Å². The van der Waals surface area contributed by atoms with Crippen molar-refractivity contribution in [1.29, 1.82) is 0 Å². The molecule has 0 aliphatic rings. The van der Waals surface area contributed by atoms with E-state index in [1.807, 2.05) is 31.2 Å². The maximum absolute atomic E-state index is 13.7. The molecule has 3 aromatic rings. The molecule has 4 nitrogen and oxygen atoms in total. The molecule has 0 radical (unpaired) electrons. The number of pyridine rings is 1. The first-order valence-electron chi connectivity index (χ1n) is 8.46. The monoisotopic (exact) mass is 369 g/mol. The predicted molar refractivity (Wildman–Crippen MR) is 96.8 cm³/mol. The number of carbonyl (C=O) groups is 2. The molecule has 3 rings (SSSR count). The summed E-state index contributed by atoms with van der Waals surface area (Å²) >= 11 is 0. The number of rotatable bonds is 5. The Morgan fingerprint density at radius 1 is 1.11 bits per heavy atom. The van der Waals surface area contributed by atoms with Crippen LogP contribution in [0.1, 0.15) is 38.9 Å². The molecule has 0 N–H and O–H groups in total. The zero-order chi connectivity index (χ0) is 19.6. The van der Waals surface area contributed by atoms with E-state index in [1.54, 1.807) is 6.92 Å². The minimum absolute atomic E-state index is 0.295. The fourth-order valence-corrected chi connectivity index (χ4v) is 2.96. The van der Waals surface area contributed by atoms with Gasteiger partial charge >= 0.3 is 5.97 Å². The van der Waals surface area contributed by atoms with Crippen molar-refractivity contribution >= 4 is 22.7 Å². The van der Waals surface area contributed by atoms with Crippen LogP contribution in [0.2, 0.25) is 0 Å². The molecule has 0 unspecified atom stereocenters. The molecule has 0 spiro atoms. The average molecular weight is 369 g/mol. The minimum atomic E-state index is -0.866. The Hall–Kier alpha value is -3.15. The summed E-state index contributed by atoms with van der Waals surface area (Å²) < 4.78 is 32.0. The molecule has 2 aromatic carbocycles. The topological polar surface area (TPSA) is 56.3 Å². The van der Waals surface area contributed by atoms with Crippen LogP contribution in [0.5, 0.6) is 0 Å². The number of hydrogen-bond donors (Lipinski definition) is 0. The number of ketones is 1. The second kappa shape index (κ2) is 7.61. The van der Waals surface area contributed by atoms with E-state index in [0.717, 1.165) is 29.1 Å². The summed E-state index contributed by atoms with van der Waals surface area (Å²) in [6, 6.07) is 9.96. The molecule has 0 aliphatic carbocycles. The highest BCUT2D eigenvalue weighted by molar-refractivity contribution is 6.01. The lowest BCUT2D eigenvalue weighted by molar-refractivity contribution is 0.0471. The fourth-order valence-electron chi connectivity index (χ4n) is 2.96. The summed E-state index contributed by atoms with van der Waals surface area (Å²) in [6.07, 6.45) is 0.503. The van der Waals surface area contributed by atoms with E-state index < -0.39 is 35.6 Å². The summed E-state index contributed by atoms with van der Waals surface area (Å²) in [5.74, 6) is -3.14. The average Bonchev–Trinajstić information content (AvgIpc) is 2.67. The fraction of sp³-hybridized carbons (Fsp3) is 0.190. The van der Waals surface area contributed by atoms with Crippen molar-refractivity contribution in [2.75, 3.05) is 6.61 Å². The van der Waals surface area contributed by atoms with Crippen LogP contribution in [-0.4, -0.2) is 23.3 Å². The zero-order valence-corrected chi connectivity index (χ0v) is 14.9. The summed E-state index contributed by atoms with van der Waals surface area (Å²) in [5.41, 5.74) is 1.87. The van der Waals surface area contributed by atoms with Gasteiger partial charge in [0.2, 0.25) is 5.78 Å².